The van der Waals surface area contributed by atoms with Crippen molar-refractivity contribution in [2.24, 2.45) is 0 Å². The molecule has 0 aliphatic carbocycles. The van der Waals surface area contributed by atoms with E-state index in [9.17, 15) is 9.90 Å². The van der Waals surface area contributed by atoms with Crippen molar-refractivity contribution in [3.8, 4) is 0 Å². The minimum Gasteiger partial charge on any atom is -0.452 e. The second-order valence-electron chi connectivity index (χ2n) is 5.99. The Morgan fingerprint density at radius 1 is 1.08 bits per heavy atom. The summed E-state index contributed by atoms with van der Waals surface area (Å²) in [7, 11) is 0. The summed E-state index contributed by atoms with van der Waals surface area (Å²) in [5.74, 6) is -0.608. The third-order valence-electron chi connectivity index (χ3n) is 4.42. The van der Waals surface area contributed by atoms with Crippen molar-refractivity contribution in [1.82, 2.24) is 5.32 Å². The van der Waals surface area contributed by atoms with E-state index < -0.39 is 17.7 Å². The Kier molecular flexibility index (Phi) is 5.33. The Balaban J connectivity index is 1.82. The maximum atomic E-state index is 12.6. The van der Waals surface area contributed by atoms with Crippen LogP contribution in [0.2, 0.25) is 0 Å². The van der Waals surface area contributed by atoms with Gasteiger partial charge in [0.05, 0.1) is 0 Å². The highest BCUT2D eigenvalue weighted by Gasteiger charge is 2.39. The summed E-state index contributed by atoms with van der Waals surface area (Å²) in [5.41, 5.74) is 0.822. The van der Waals surface area contributed by atoms with E-state index in [1.807, 2.05) is 30.3 Å². The number of nitrogens with one attached hydrogen (secondary N) is 1. The SMILES string of the molecule is O=C(OC1(c2ccccc2)CCNCC1)C(O)c1ccc(Br)cc1. The van der Waals surface area contributed by atoms with E-state index in [0.29, 0.717) is 18.4 Å². The lowest BCUT2D eigenvalue weighted by Gasteiger charge is -2.38. The Morgan fingerprint density at radius 3 is 2.33 bits per heavy atom. The minimum atomic E-state index is -1.28. The smallest absolute Gasteiger partial charge is 0.340 e. The van der Waals surface area contributed by atoms with Crippen LogP contribution in [0.3, 0.4) is 0 Å². The number of carbonyl (C=O) groups excluding carboxylic acids is 1. The third kappa shape index (κ3) is 3.69. The summed E-state index contributed by atoms with van der Waals surface area (Å²) in [6, 6.07) is 16.8. The molecule has 1 fully saturated rings. The molecule has 2 N–H and O–H groups in total. The quantitative estimate of drug-likeness (QED) is 0.787. The predicted octanol–water partition coefficient (Wildman–Crippen LogP) is 3.30. The molecule has 0 radical (unpaired) electrons. The summed E-state index contributed by atoms with van der Waals surface area (Å²) in [5, 5.41) is 13.7. The van der Waals surface area contributed by atoms with Gasteiger partial charge in [-0.05, 0) is 36.3 Å². The Morgan fingerprint density at radius 2 is 1.71 bits per heavy atom. The van der Waals surface area contributed by atoms with Gasteiger partial charge in [0, 0.05) is 17.3 Å². The van der Waals surface area contributed by atoms with Crippen LogP contribution < -0.4 is 5.32 Å². The largest absolute Gasteiger partial charge is 0.452 e. The van der Waals surface area contributed by atoms with Gasteiger partial charge < -0.3 is 15.2 Å². The molecule has 1 heterocycles. The number of hydrogen-bond acceptors (Lipinski definition) is 4. The van der Waals surface area contributed by atoms with Gasteiger partial charge in [0.1, 0.15) is 5.60 Å². The van der Waals surface area contributed by atoms with Gasteiger partial charge in [-0.3, -0.25) is 0 Å². The summed E-state index contributed by atoms with van der Waals surface area (Å²) >= 11 is 3.35. The van der Waals surface area contributed by atoms with E-state index in [-0.39, 0.29) is 0 Å². The van der Waals surface area contributed by atoms with Crippen molar-refractivity contribution in [3.05, 3.63) is 70.2 Å². The average Bonchev–Trinajstić information content (AvgIpc) is 2.63. The van der Waals surface area contributed by atoms with Crippen molar-refractivity contribution in [3.63, 3.8) is 0 Å². The normalized spacial score (nSPS) is 17.9. The number of rotatable bonds is 4. The minimum absolute atomic E-state index is 0.528. The van der Waals surface area contributed by atoms with Crippen LogP contribution in [-0.2, 0) is 15.1 Å². The predicted molar refractivity (Wildman–Crippen MR) is 95.4 cm³/mol. The number of piperidine rings is 1. The topological polar surface area (TPSA) is 58.6 Å². The van der Waals surface area contributed by atoms with Crippen LogP contribution in [0.15, 0.2) is 59.1 Å². The molecule has 2 aromatic rings. The summed E-state index contributed by atoms with van der Waals surface area (Å²) in [4.78, 5) is 12.6. The van der Waals surface area contributed by atoms with Crippen LogP contribution in [-0.4, -0.2) is 24.2 Å². The van der Waals surface area contributed by atoms with Crippen molar-refractivity contribution in [2.75, 3.05) is 13.1 Å². The number of carbonyl (C=O) groups is 1. The van der Waals surface area contributed by atoms with E-state index in [1.165, 1.54) is 0 Å². The molecule has 1 unspecified atom stereocenters. The van der Waals surface area contributed by atoms with Crippen LogP contribution in [0.5, 0.6) is 0 Å². The van der Waals surface area contributed by atoms with Crippen molar-refractivity contribution < 1.29 is 14.6 Å². The fourth-order valence-electron chi connectivity index (χ4n) is 3.05. The molecule has 2 aromatic carbocycles. The summed E-state index contributed by atoms with van der Waals surface area (Å²) < 4.78 is 6.77. The second-order valence-corrected chi connectivity index (χ2v) is 6.90. The Bertz CT molecular complexity index is 682. The van der Waals surface area contributed by atoms with Gasteiger partial charge in [-0.25, -0.2) is 4.79 Å². The molecule has 24 heavy (non-hydrogen) atoms. The van der Waals surface area contributed by atoms with Gasteiger partial charge in [-0.1, -0.05) is 58.4 Å². The third-order valence-corrected chi connectivity index (χ3v) is 4.94. The zero-order chi connectivity index (χ0) is 17.0. The van der Waals surface area contributed by atoms with Gasteiger partial charge in [0.15, 0.2) is 6.10 Å². The lowest BCUT2D eigenvalue weighted by molar-refractivity contribution is -0.175. The molecule has 0 saturated carbocycles. The first-order valence-electron chi connectivity index (χ1n) is 8.03. The first-order chi connectivity index (χ1) is 11.6. The molecule has 0 amide bonds. The molecular formula is C19H20BrNO3. The molecule has 1 atom stereocenters. The Hall–Kier alpha value is -1.69. The lowest BCUT2D eigenvalue weighted by Crippen LogP contribution is -2.43. The van der Waals surface area contributed by atoms with Crippen LogP contribution in [0.1, 0.15) is 30.1 Å². The van der Waals surface area contributed by atoms with Crippen LogP contribution >= 0.6 is 15.9 Å². The number of aliphatic hydroxyl groups excluding tert-OH is 1. The molecule has 4 nitrogen and oxygen atoms in total. The van der Waals surface area contributed by atoms with E-state index in [2.05, 4.69) is 21.2 Å². The molecule has 3 rings (SSSR count). The summed E-state index contributed by atoms with van der Waals surface area (Å²) in [6.45, 7) is 1.55. The van der Waals surface area contributed by atoms with Crippen LogP contribution in [0.25, 0.3) is 0 Å². The van der Waals surface area contributed by atoms with Crippen LogP contribution in [0, 0.1) is 0 Å². The molecule has 1 aliphatic rings. The fraction of sp³-hybridized carbons (Fsp3) is 0.316. The molecule has 1 saturated heterocycles. The number of hydrogen-bond donors (Lipinski definition) is 2. The lowest BCUT2D eigenvalue weighted by atomic mass is 9.84. The number of halogens is 1. The standard InChI is InChI=1S/C19H20BrNO3/c20-16-8-6-14(7-9-16)17(22)18(23)24-19(10-12-21-13-11-19)15-4-2-1-3-5-15/h1-9,17,21-22H,10-13H2. The highest BCUT2D eigenvalue weighted by Crippen LogP contribution is 2.36. The highest BCUT2D eigenvalue weighted by molar-refractivity contribution is 9.10. The number of aliphatic hydroxyl groups is 1. The average molecular weight is 390 g/mol. The number of benzene rings is 2. The van der Waals surface area contributed by atoms with Gasteiger partial charge in [0.2, 0.25) is 0 Å². The maximum Gasteiger partial charge on any atom is 0.340 e. The second kappa shape index (κ2) is 7.47. The van der Waals surface area contributed by atoms with Crippen LogP contribution in [0.4, 0.5) is 0 Å². The molecule has 1 aliphatic heterocycles. The molecule has 5 heteroatoms. The Labute approximate surface area is 150 Å². The monoisotopic (exact) mass is 389 g/mol. The molecule has 126 valence electrons. The van der Waals surface area contributed by atoms with Gasteiger partial charge in [-0.2, -0.15) is 0 Å². The zero-order valence-electron chi connectivity index (χ0n) is 13.2. The van der Waals surface area contributed by atoms with Gasteiger partial charge in [0.25, 0.3) is 0 Å². The summed E-state index contributed by atoms with van der Waals surface area (Å²) in [6.07, 6.45) is 0.0968. The zero-order valence-corrected chi connectivity index (χ0v) is 14.8. The molecule has 0 spiro atoms. The van der Waals surface area contributed by atoms with Gasteiger partial charge >= 0.3 is 5.97 Å². The molecule has 0 aromatic heterocycles. The first kappa shape index (κ1) is 17.1. The van der Waals surface area contributed by atoms with Crippen molar-refractivity contribution in [1.29, 1.82) is 0 Å². The maximum absolute atomic E-state index is 12.6. The molecule has 0 bridgehead atoms. The van der Waals surface area contributed by atoms with E-state index in [4.69, 9.17) is 4.74 Å². The number of ether oxygens (including phenoxy) is 1. The van der Waals surface area contributed by atoms with Crippen molar-refractivity contribution in [2.45, 2.75) is 24.5 Å². The van der Waals surface area contributed by atoms with Crippen molar-refractivity contribution >= 4 is 21.9 Å². The van der Waals surface area contributed by atoms with E-state index in [1.54, 1.807) is 24.3 Å². The van der Waals surface area contributed by atoms with E-state index >= 15 is 0 Å². The fourth-order valence-corrected chi connectivity index (χ4v) is 3.32. The first-order valence-corrected chi connectivity index (χ1v) is 8.83. The van der Waals surface area contributed by atoms with E-state index in [0.717, 1.165) is 23.1 Å². The molecular weight excluding hydrogens is 370 g/mol. The number of esters is 1. The van der Waals surface area contributed by atoms with Gasteiger partial charge in [-0.15, -0.1) is 0 Å². The highest BCUT2D eigenvalue weighted by atomic mass is 79.9.